The normalized spacial score (nSPS) is 10.6. The van der Waals surface area contributed by atoms with E-state index in [1.165, 1.54) is 0 Å². The van der Waals surface area contributed by atoms with E-state index in [4.69, 9.17) is 0 Å². The molecule has 0 saturated heterocycles. The molecule has 0 fully saturated rings. The minimum atomic E-state index is 0.0526. The number of phenols is 1. The highest BCUT2D eigenvalue weighted by Crippen LogP contribution is 2.29. The van der Waals surface area contributed by atoms with E-state index in [-0.39, 0.29) is 17.5 Å². The fourth-order valence-electron chi connectivity index (χ4n) is 1.77. The van der Waals surface area contributed by atoms with E-state index < -0.39 is 0 Å². The second kappa shape index (κ2) is 3.82. The number of phenolic OH excluding ortho intramolecular Hbond substituents is 1. The van der Waals surface area contributed by atoms with E-state index in [2.05, 4.69) is 0 Å². The molecule has 1 aromatic carbocycles. The second-order valence-corrected chi connectivity index (χ2v) is 3.88. The SMILES string of the molecule is CC(=O)c1ccc(O)c(C)c1C(C)C. The molecule has 0 bridgehead atoms. The van der Waals surface area contributed by atoms with Crippen LogP contribution in [0.2, 0.25) is 0 Å². The Balaban J connectivity index is 3.45. The van der Waals surface area contributed by atoms with Gasteiger partial charge in [-0.15, -0.1) is 0 Å². The largest absolute Gasteiger partial charge is 0.508 e. The van der Waals surface area contributed by atoms with Crippen molar-refractivity contribution in [3.63, 3.8) is 0 Å². The Morgan fingerprint density at radius 2 is 1.93 bits per heavy atom. The smallest absolute Gasteiger partial charge is 0.160 e. The van der Waals surface area contributed by atoms with Crippen LogP contribution in [0.15, 0.2) is 12.1 Å². The van der Waals surface area contributed by atoms with E-state index in [9.17, 15) is 9.90 Å². The van der Waals surface area contributed by atoms with E-state index >= 15 is 0 Å². The molecule has 0 aliphatic rings. The maximum absolute atomic E-state index is 11.4. The molecule has 0 aliphatic heterocycles. The zero-order valence-corrected chi connectivity index (χ0v) is 9.09. The van der Waals surface area contributed by atoms with Crippen molar-refractivity contribution in [1.82, 2.24) is 0 Å². The standard InChI is InChI=1S/C12H16O2/c1-7(2)12-8(3)11(14)6-5-10(12)9(4)13/h5-7,14H,1-4H3. The lowest BCUT2D eigenvalue weighted by Gasteiger charge is -2.15. The van der Waals surface area contributed by atoms with Gasteiger partial charge in [-0.3, -0.25) is 4.79 Å². The number of ketones is 1. The lowest BCUT2D eigenvalue weighted by Crippen LogP contribution is -2.03. The van der Waals surface area contributed by atoms with Crippen LogP contribution in [-0.2, 0) is 0 Å². The van der Waals surface area contributed by atoms with Crippen LogP contribution in [0.25, 0.3) is 0 Å². The summed E-state index contributed by atoms with van der Waals surface area (Å²) in [6, 6.07) is 3.28. The van der Waals surface area contributed by atoms with Crippen molar-refractivity contribution in [2.75, 3.05) is 0 Å². The van der Waals surface area contributed by atoms with E-state index in [0.29, 0.717) is 0 Å². The molecular formula is C12H16O2. The minimum absolute atomic E-state index is 0.0526. The van der Waals surface area contributed by atoms with E-state index in [1.54, 1.807) is 19.1 Å². The highest BCUT2D eigenvalue weighted by atomic mass is 16.3. The third kappa shape index (κ3) is 1.79. The fraction of sp³-hybridized carbons (Fsp3) is 0.417. The van der Waals surface area contributed by atoms with Crippen LogP contribution in [-0.4, -0.2) is 10.9 Å². The summed E-state index contributed by atoms with van der Waals surface area (Å²) in [4.78, 5) is 11.4. The van der Waals surface area contributed by atoms with Crippen molar-refractivity contribution >= 4 is 5.78 Å². The van der Waals surface area contributed by atoms with Crippen molar-refractivity contribution in [2.45, 2.75) is 33.6 Å². The molecule has 0 spiro atoms. The molecule has 76 valence electrons. The quantitative estimate of drug-likeness (QED) is 0.731. The molecule has 0 aliphatic carbocycles. The topological polar surface area (TPSA) is 37.3 Å². The maximum atomic E-state index is 11.4. The molecule has 1 N–H and O–H groups in total. The maximum Gasteiger partial charge on any atom is 0.160 e. The number of carbonyl (C=O) groups excluding carboxylic acids is 1. The van der Waals surface area contributed by atoms with Crippen LogP contribution in [0.3, 0.4) is 0 Å². The molecule has 0 atom stereocenters. The Bertz CT molecular complexity index is 365. The number of hydrogen-bond donors (Lipinski definition) is 1. The highest BCUT2D eigenvalue weighted by Gasteiger charge is 2.15. The van der Waals surface area contributed by atoms with Gasteiger partial charge in [-0.05, 0) is 43.0 Å². The average molecular weight is 192 g/mol. The van der Waals surface area contributed by atoms with Gasteiger partial charge in [-0.1, -0.05) is 13.8 Å². The Kier molecular flexibility index (Phi) is 2.94. The lowest BCUT2D eigenvalue weighted by atomic mass is 9.90. The second-order valence-electron chi connectivity index (χ2n) is 3.88. The van der Waals surface area contributed by atoms with Crippen LogP contribution < -0.4 is 0 Å². The molecular weight excluding hydrogens is 176 g/mol. The molecule has 0 aromatic heterocycles. The van der Waals surface area contributed by atoms with Gasteiger partial charge in [0.25, 0.3) is 0 Å². The molecule has 1 aromatic rings. The van der Waals surface area contributed by atoms with Crippen LogP contribution in [0.5, 0.6) is 5.75 Å². The summed E-state index contributed by atoms with van der Waals surface area (Å²) >= 11 is 0. The summed E-state index contributed by atoms with van der Waals surface area (Å²) in [5.41, 5.74) is 2.49. The van der Waals surface area contributed by atoms with E-state index in [0.717, 1.165) is 16.7 Å². The number of carbonyl (C=O) groups is 1. The third-order valence-corrected chi connectivity index (χ3v) is 2.44. The van der Waals surface area contributed by atoms with Crippen LogP contribution in [0, 0.1) is 6.92 Å². The van der Waals surface area contributed by atoms with Crippen molar-refractivity contribution in [2.24, 2.45) is 0 Å². The van der Waals surface area contributed by atoms with Gasteiger partial charge in [-0.2, -0.15) is 0 Å². The molecule has 0 heterocycles. The summed E-state index contributed by atoms with van der Waals surface area (Å²) < 4.78 is 0. The number of benzene rings is 1. The van der Waals surface area contributed by atoms with Crippen molar-refractivity contribution in [3.05, 3.63) is 28.8 Å². The Labute approximate surface area is 84.6 Å². The first kappa shape index (κ1) is 10.8. The summed E-state index contributed by atoms with van der Waals surface area (Å²) in [6.07, 6.45) is 0. The van der Waals surface area contributed by atoms with Crippen LogP contribution in [0.1, 0.15) is 48.2 Å². The van der Waals surface area contributed by atoms with Crippen LogP contribution in [0.4, 0.5) is 0 Å². The zero-order chi connectivity index (χ0) is 10.9. The predicted octanol–water partition coefficient (Wildman–Crippen LogP) is 3.03. The molecule has 2 heteroatoms. The molecule has 0 saturated carbocycles. The minimum Gasteiger partial charge on any atom is -0.508 e. The molecule has 0 unspecified atom stereocenters. The number of Topliss-reactive ketones (excluding diaryl/α,β-unsaturated/α-hetero) is 1. The van der Waals surface area contributed by atoms with Gasteiger partial charge >= 0.3 is 0 Å². The molecule has 0 amide bonds. The average Bonchev–Trinajstić information content (AvgIpc) is 2.08. The third-order valence-electron chi connectivity index (χ3n) is 2.44. The predicted molar refractivity (Wildman–Crippen MR) is 56.9 cm³/mol. The summed E-state index contributed by atoms with van der Waals surface area (Å²) in [5, 5.41) is 9.54. The molecule has 14 heavy (non-hydrogen) atoms. The number of aromatic hydroxyl groups is 1. The fourth-order valence-corrected chi connectivity index (χ4v) is 1.77. The summed E-state index contributed by atoms with van der Waals surface area (Å²) in [6.45, 7) is 7.44. The Hall–Kier alpha value is -1.31. The first-order valence-electron chi connectivity index (χ1n) is 4.78. The van der Waals surface area contributed by atoms with Crippen molar-refractivity contribution in [1.29, 1.82) is 0 Å². The van der Waals surface area contributed by atoms with Gasteiger partial charge < -0.3 is 5.11 Å². The van der Waals surface area contributed by atoms with Crippen LogP contribution >= 0.6 is 0 Å². The van der Waals surface area contributed by atoms with Gasteiger partial charge in [-0.25, -0.2) is 0 Å². The summed E-state index contributed by atoms with van der Waals surface area (Å²) in [7, 11) is 0. The first-order chi connectivity index (χ1) is 6.45. The highest BCUT2D eigenvalue weighted by molar-refractivity contribution is 5.96. The zero-order valence-electron chi connectivity index (χ0n) is 9.09. The molecule has 0 radical (unpaired) electrons. The van der Waals surface area contributed by atoms with Crippen molar-refractivity contribution < 1.29 is 9.90 Å². The molecule has 2 nitrogen and oxygen atoms in total. The van der Waals surface area contributed by atoms with Gasteiger partial charge in [0.15, 0.2) is 5.78 Å². The first-order valence-corrected chi connectivity index (χ1v) is 4.78. The van der Waals surface area contributed by atoms with Gasteiger partial charge in [0, 0.05) is 5.56 Å². The lowest BCUT2D eigenvalue weighted by molar-refractivity contribution is 0.101. The number of rotatable bonds is 2. The molecule has 1 rings (SSSR count). The Morgan fingerprint density at radius 3 is 2.36 bits per heavy atom. The summed E-state index contributed by atoms with van der Waals surface area (Å²) in [5.74, 6) is 0.566. The monoisotopic (exact) mass is 192 g/mol. The van der Waals surface area contributed by atoms with Gasteiger partial charge in [0.05, 0.1) is 0 Å². The van der Waals surface area contributed by atoms with Gasteiger partial charge in [0.2, 0.25) is 0 Å². The Morgan fingerprint density at radius 1 is 1.36 bits per heavy atom. The number of hydrogen-bond acceptors (Lipinski definition) is 2. The van der Waals surface area contributed by atoms with E-state index in [1.807, 2.05) is 20.8 Å². The van der Waals surface area contributed by atoms with Gasteiger partial charge in [0.1, 0.15) is 5.75 Å². The van der Waals surface area contributed by atoms with Crippen molar-refractivity contribution in [3.8, 4) is 5.75 Å².